The van der Waals surface area contributed by atoms with Crippen molar-refractivity contribution >= 4 is 0 Å². The molecule has 1 N–H and O–H groups in total. The summed E-state index contributed by atoms with van der Waals surface area (Å²) in [6.45, 7) is 9.92. The third-order valence-electron chi connectivity index (χ3n) is 3.29. The molecule has 0 aromatic carbocycles. The summed E-state index contributed by atoms with van der Waals surface area (Å²) in [6, 6.07) is 0. The highest BCUT2D eigenvalue weighted by Crippen LogP contribution is 2.17. The first-order valence-electron chi connectivity index (χ1n) is 5.89. The van der Waals surface area contributed by atoms with E-state index in [0.29, 0.717) is 0 Å². The van der Waals surface area contributed by atoms with Crippen LogP contribution in [-0.2, 0) is 6.54 Å². The Morgan fingerprint density at radius 1 is 1.47 bits per heavy atom. The van der Waals surface area contributed by atoms with Crippen molar-refractivity contribution in [3.8, 4) is 0 Å². The highest BCUT2D eigenvalue weighted by Gasteiger charge is 2.17. The molecule has 3 heteroatoms. The molecule has 1 aliphatic heterocycles. The van der Waals surface area contributed by atoms with Crippen LogP contribution in [0.5, 0.6) is 0 Å². The van der Waals surface area contributed by atoms with Crippen molar-refractivity contribution in [1.29, 1.82) is 0 Å². The fourth-order valence-corrected chi connectivity index (χ4v) is 2.34. The Bertz CT molecular complexity index is 310. The number of nitrogens with zero attached hydrogens (tertiary/aromatic N) is 2. The summed E-state index contributed by atoms with van der Waals surface area (Å²) in [4.78, 5) is 10.4. The quantitative estimate of drug-likeness (QED) is 0.806. The van der Waals surface area contributed by atoms with Crippen molar-refractivity contribution in [2.24, 2.45) is 5.92 Å². The first kappa shape index (κ1) is 10.7. The molecule has 3 nitrogen and oxygen atoms in total. The molecule has 1 aromatic rings. The standard InChI is InChI=1S/C12H21N3/c1-9-5-4-6-15(7-9)8-12-13-10(2)11(3)14-12/h9H,4-8H2,1-3H3,(H,13,14)/t9-/m0/s1. The van der Waals surface area contributed by atoms with Gasteiger partial charge in [0, 0.05) is 12.2 Å². The zero-order chi connectivity index (χ0) is 10.8. The summed E-state index contributed by atoms with van der Waals surface area (Å²) >= 11 is 0. The molecule has 0 radical (unpaired) electrons. The van der Waals surface area contributed by atoms with E-state index in [0.717, 1.165) is 24.0 Å². The van der Waals surface area contributed by atoms with Crippen LogP contribution in [0.2, 0.25) is 0 Å². The summed E-state index contributed by atoms with van der Waals surface area (Å²) in [5, 5.41) is 0. The number of hydrogen-bond donors (Lipinski definition) is 1. The molecule has 2 heterocycles. The number of imidazole rings is 1. The molecule has 0 aliphatic carbocycles. The second-order valence-electron chi connectivity index (χ2n) is 4.88. The Morgan fingerprint density at radius 2 is 2.27 bits per heavy atom. The van der Waals surface area contributed by atoms with Gasteiger partial charge in [0.05, 0.1) is 12.2 Å². The summed E-state index contributed by atoms with van der Waals surface area (Å²) < 4.78 is 0. The van der Waals surface area contributed by atoms with Gasteiger partial charge in [-0.05, 0) is 39.2 Å². The summed E-state index contributed by atoms with van der Waals surface area (Å²) in [5.74, 6) is 1.97. The second-order valence-corrected chi connectivity index (χ2v) is 4.88. The van der Waals surface area contributed by atoms with Crippen molar-refractivity contribution in [1.82, 2.24) is 14.9 Å². The molecule has 0 spiro atoms. The Kier molecular flexibility index (Phi) is 3.10. The average molecular weight is 207 g/mol. The van der Waals surface area contributed by atoms with E-state index in [1.807, 2.05) is 0 Å². The number of aromatic nitrogens is 2. The van der Waals surface area contributed by atoms with Crippen LogP contribution in [-0.4, -0.2) is 28.0 Å². The third-order valence-corrected chi connectivity index (χ3v) is 3.29. The van der Waals surface area contributed by atoms with Crippen molar-refractivity contribution < 1.29 is 0 Å². The van der Waals surface area contributed by atoms with Gasteiger partial charge in [0.2, 0.25) is 0 Å². The molecule has 15 heavy (non-hydrogen) atoms. The van der Waals surface area contributed by atoms with Gasteiger partial charge in [-0.15, -0.1) is 0 Å². The van der Waals surface area contributed by atoms with E-state index in [1.165, 1.54) is 31.6 Å². The van der Waals surface area contributed by atoms with Crippen LogP contribution in [0.1, 0.15) is 37.0 Å². The number of piperidine rings is 1. The van der Waals surface area contributed by atoms with Gasteiger partial charge in [0.1, 0.15) is 5.82 Å². The Morgan fingerprint density at radius 3 is 2.87 bits per heavy atom. The van der Waals surface area contributed by atoms with Crippen molar-refractivity contribution in [3.05, 3.63) is 17.2 Å². The van der Waals surface area contributed by atoms with E-state index in [4.69, 9.17) is 0 Å². The predicted octanol–water partition coefficient (Wildman–Crippen LogP) is 2.26. The summed E-state index contributed by atoms with van der Waals surface area (Å²) in [6.07, 6.45) is 2.71. The fourth-order valence-electron chi connectivity index (χ4n) is 2.34. The molecule has 1 aromatic heterocycles. The van der Waals surface area contributed by atoms with Crippen LogP contribution < -0.4 is 0 Å². The van der Waals surface area contributed by atoms with Crippen LogP contribution in [0.15, 0.2) is 0 Å². The van der Waals surface area contributed by atoms with Gasteiger partial charge in [-0.25, -0.2) is 4.98 Å². The fraction of sp³-hybridized carbons (Fsp3) is 0.750. The average Bonchev–Trinajstić information content (AvgIpc) is 2.45. The van der Waals surface area contributed by atoms with E-state index in [1.54, 1.807) is 0 Å². The van der Waals surface area contributed by atoms with Gasteiger partial charge in [0.25, 0.3) is 0 Å². The minimum absolute atomic E-state index is 0.843. The monoisotopic (exact) mass is 207 g/mol. The maximum atomic E-state index is 4.53. The zero-order valence-electron chi connectivity index (χ0n) is 10.0. The van der Waals surface area contributed by atoms with Gasteiger partial charge < -0.3 is 4.98 Å². The number of aromatic amines is 1. The first-order chi connectivity index (χ1) is 7.15. The first-order valence-corrected chi connectivity index (χ1v) is 5.89. The van der Waals surface area contributed by atoms with Gasteiger partial charge in [0.15, 0.2) is 0 Å². The maximum Gasteiger partial charge on any atom is 0.120 e. The number of H-pyrrole nitrogens is 1. The van der Waals surface area contributed by atoms with Crippen molar-refractivity contribution in [2.75, 3.05) is 13.1 Å². The molecule has 1 atom stereocenters. The maximum absolute atomic E-state index is 4.53. The molecule has 1 saturated heterocycles. The summed E-state index contributed by atoms with van der Waals surface area (Å²) in [5.41, 5.74) is 2.34. The van der Waals surface area contributed by atoms with Crippen LogP contribution in [0.25, 0.3) is 0 Å². The number of likely N-dealkylation sites (tertiary alicyclic amines) is 1. The highest BCUT2D eigenvalue weighted by atomic mass is 15.2. The largest absolute Gasteiger partial charge is 0.345 e. The highest BCUT2D eigenvalue weighted by molar-refractivity contribution is 5.10. The Labute approximate surface area is 91.9 Å². The van der Waals surface area contributed by atoms with E-state index >= 15 is 0 Å². The van der Waals surface area contributed by atoms with Gasteiger partial charge >= 0.3 is 0 Å². The van der Waals surface area contributed by atoms with E-state index in [-0.39, 0.29) is 0 Å². The smallest absolute Gasteiger partial charge is 0.120 e. The number of nitrogens with one attached hydrogen (secondary N) is 1. The normalized spacial score (nSPS) is 23.3. The van der Waals surface area contributed by atoms with Crippen LogP contribution in [0.4, 0.5) is 0 Å². The van der Waals surface area contributed by atoms with Gasteiger partial charge in [-0.3, -0.25) is 4.90 Å². The van der Waals surface area contributed by atoms with E-state index < -0.39 is 0 Å². The van der Waals surface area contributed by atoms with Crippen molar-refractivity contribution in [2.45, 2.75) is 40.2 Å². The molecular formula is C12H21N3. The third kappa shape index (κ3) is 2.59. The Hall–Kier alpha value is -0.830. The van der Waals surface area contributed by atoms with Gasteiger partial charge in [-0.2, -0.15) is 0 Å². The minimum atomic E-state index is 0.843. The molecule has 0 amide bonds. The lowest BCUT2D eigenvalue weighted by Crippen LogP contribution is -2.34. The van der Waals surface area contributed by atoms with E-state index in [9.17, 15) is 0 Å². The Balaban J connectivity index is 1.96. The summed E-state index contributed by atoms with van der Waals surface area (Å²) in [7, 11) is 0. The molecular weight excluding hydrogens is 186 g/mol. The zero-order valence-corrected chi connectivity index (χ0v) is 10.0. The lowest BCUT2D eigenvalue weighted by molar-refractivity contribution is 0.173. The number of rotatable bonds is 2. The lowest BCUT2D eigenvalue weighted by atomic mass is 10.0. The van der Waals surface area contributed by atoms with Crippen LogP contribution >= 0.6 is 0 Å². The molecule has 1 fully saturated rings. The van der Waals surface area contributed by atoms with Crippen LogP contribution in [0, 0.1) is 19.8 Å². The second kappa shape index (κ2) is 4.35. The molecule has 0 unspecified atom stereocenters. The number of aryl methyl sites for hydroxylation is 2. The minimum Gasteiger partial charge on any atom is -0.345 e. The SMILES string of the molecule is Cc1nc(CN2CCC[C@H](C)C2)[nH]c1C. The molecule has 1 aliphatic rings. The molecule has 2 rings (SSSR count). The van der Waals surface area contributed by atoms with Crippen LogP contribution in [0.3, 0.4) is 0 Å². The molecule has 0 saturated carbocycles. The van der Waals surface area contributed by atoms with E-state index in [2.05, 4.69) is 35.6 Å². The number of hydrogen-bond acceptors (Lipinski definition) is 2. The van der Waals surface area contributed by atoms with Crippen molar-refractivity contribution in [3.63, 3.8) is 0 Å². The molecule has 0 bridgehead atoms. The topological polar surface area (TPSA) is 31.9 Å². The molecule has 84 valence electrons. The van der Waals surface area contributed by atoms with Gasteiger partial charge in [-0.1, -0.05) is 6.92 Å². The lowest BCUT2D eigenvalue weighted by Gasteiger charge is -2.29. The predicted molar refractivity (Wildman–Crippen MR) is 61.7 cm³/mol.